The summed E-state index contributed by atoms with van der Waals surface area (Å²) in [7, 11) is 0. The molecule has 33 heavy (non-hydrogen) atoms. The van der Waals surface area contributed by atoms with Crippen LogP contribution in [0, 0.1) is 5.41 Å². The van der Waals surface area contributed by atoms with E-state index in [0.29, 0.717) is 22.6 Å². The molecule has 4 rings (SSSR count). The van der Waals surface area contributed by atoms with E-state index in [1.807, 2.05) is 56.3 Å². The molecular formula is C27H27NO5. The van der Waals surface area contributed by atoms with E-state index in [2.05, 4.69) is 5.32 Å². The fourth-order valence-electron chi connectivity index (χ4n) is 4.22. The van der Waals surface area contributed by atoms with Crippen LogP contribution in [0.25, 0.3) is 0 Å². The Morgan fingerprint density at radius 1 is 1.00 bits per heavy atom. The molecule has 1 heterocycles. The minimum Gasteiger partial charge on any atom is -0.457 e. The van der Waals surface area contributed by atoms with Gasteiger partial charge in [-0.15, -0.1) is 0 Å². The van der Waals surface area contributed by atoms with E-state index in [1.165, 1.54) is 6.92 Å². The molecule has 0 fully saturated rings. The van der Waals surface area contributed by atoms with Gasteiger partial charge in [-0.2, -0.15) is 0 Å². The van der Waals surface area contributed by atoms with Crippen molar-refractivity contribution in [2.24, 2.45) is 5.41 Å². The molecule has 170 valence electrons. The van der Waals surface area contributed by atoms with Crippen molar-refractivity contribution >= 4 is 17.6 Å². The number of nitrogens with one attached hydrogen (secondary N) is 1. The maximum Gasteiger partial charge on any atom is 0.338 e. The van der Waals surface area contributed by atoms with Gasteiger partial charge in [0, 0.05) is 17.9 Å². The van der Waals surface area contributed by atoms with Gasteiger partial charge in [0.2, 0.25) is 0 Å². The van der Waals surface area contributed by atoms with Gasteiger partial charge in [-0.25, -0.2) is 4.79 Å². The Labute approximate surface area is 193 Å². The molecule has 0 spiro atoms. The van der Waals surface area contributed by atoms with E-state index in [4.69, 9.17) is 9.47 Å². The molecule has 3 aromatic carbocycles. The van der Waals surface area contributed by atoms with Crippen LogP contribution < -0.4 is 10.1 Å². The molecule has 3 aromatic rings. The van der Waals surface area contributed by atoms with E-state index in [9.17, 15) is 14.7 Å². The van der Waals surface area contributed by atoms with Gasteiger partial charge >= 0.3 is 11.9 Å². The third-order valence-corrected chi connectivity index (χ3v) is 6.01. The van der Waals surface area contributed by atoms with Crippen LogP contribution in [-0.4, -0.2) is 17.0 Å². The molecule has 6 nitrogen and oxygen atoms in total. The lowest BCUT2D eigenvalue weighted by atomic mass is 9.70. The zero-order valence-electron chi connectivity index (χ0n) is 18.9. The first kappa shape index (κ1) is 22.6. The van der Waals surface area contributed by atoms with Crippen LogP contribution in [0.15, 0.2) is 72.8 Å². The summed E-state index contributed by atoms with van der Waals surface area (Å²) in [6, 6.07) is 21.6. The maximum absolute atomic E-state index is 12.7. The van der Waals surface area contributed by atoms with Crippen molar-refractivity contribution in [3.05, 3.63) is 95.1 Å². The number of benzene rings is 3. The van der Waals surface area contributed by atoms with E-state index in [0.717, 1.165) is 11.1 Å². The average molecular weight is 446 g/mol. The van der Waals surface area contributed by atoms with Gasteiger partial charge in [0.15, 0.2) is 5.75 Å². The van der Waals surface area contributed by atoms with Crippen LogP contribution in [0.3, 0.4) is 0 Å². The van der Waals surface area contributed by atoms with Crippen LogP contribution in [0.5, 0.6) is 5.75 Å². The number of esters is 2. The minimum atomic E-state index is -0.817. The molecule has 0 saturated carbocycles. The number of carbonyl (C=O) groups excluding carboxylic acids is 2. The van der Waals surface area contributed by atoms with Crippen LogP contribution in [-0.2, 0) is 16.1 Å². The zero-order chi connectivity index (χ0) is 23.6. The lowest BCUT2D eigenvalue weighted by Gasteiger charge is -2.45. The SMILES string of the molecule is CC(=O)Oc1cccc2c1NC(c1cccc(C(=O)OCc3ccccc3)c1)C(C)(C)C2O. The molecule has 6 heteroatoms. The Kier molecular flexibility index (Phi) is 6.20. The van der Waals surface area contributed by atoms with Crippen molar-refractivity contribution in [2.75, 3.05) is 5.32 Å². The van der Waals surface area contributed by atoms with Gasteiger partial charge in [0.1, 0.15) is 6.61 Å². The van der Waals surface area contributed by atoms with Gasteiger partial charge in [-0.05, 0) is 29.3 Å². The number of fused-ring (bicyclic) bond motifs is 1. The highest BCUT2D eigenvalue weighted by molar-refractivity contribution is 5.89. The topological polar surface area (TPSA) is 84.9 Å². The number of carbonyl (C=O) groups is 2. The summed E-state index contributed by atoms with van der Waals surface area (Å²) in [6.07, 6.45) is -0.817. The molecule has 1 aliphatic heterocycles. The molecule has 1 aliphatic rings. The summed E-state index contributed by atoms with van der Waals surface area (Å²) in [6.45, 7) is 5.44. The van der Waals surface area contributed by atoms with Crippen LogP contribution in [0.1, 0.15) is 60.0 Å². The van der Waals surface area contributed by atoms with Crippen molar-refractivity contribution in [1.82, 2.24) is 0 Å². The number of aliphatic hydroxyl groups excluding tert-OH is 1. The Balaban J connectivity index is 1.62. The molecule has 2 unspecified atom stereocenters. The minimum absolute atomic E-state index is 0.189. The molecule has 0 bridgehead atoms. The van der Waals surface area contributed by atoms with Gasteiger partial charge < -0.3 is 19.9 Å². The summed E-state index contributed by atoms with van der Waals surface area (Å²) >= 11 is 0. The summed E-state index contributed by atoms with van der Waals surface area (Å²) in [5.41, 5.74) is 2.77. The number of aliphatic hydroxyl groups is 1. The second kappa shape index (κ2) is 9.08. The number of anilines is 1. The van der Waals surface area contributed by atoms with Gasteiger partial charge in [-0.1, -0.05) is 68.4 Å². The normalized spacial score (nSPS) is 18.5. The standard InChI is InChI=1S/C27H27NO5/c1-17(29)33-22-14-8-13-21-23(22)28-24(27(2,3)25(21)30)19-11-7-12-20(15-19)26(31)32-16-18-9-5-4-6-10-18/h4-15,24-25,28,30H,16H2,1-3H3. The molecule has 0 amide bonds. The highest BCUT2D eigenvalue weighted by Crippen LogP contribution is 2.53. The predicted molar refractivity (Wildman–Crippen MR) is 125 cm³/mol. The first-order valence-corrected chi connectivity index (χ1v) is 10.8. The third kappa shape index (κ3) is 4.61. The number of hydrogen-bond acceptors (Lipinski definition) is 6. The number of para-hydroxylation sites is 1. The summed E-state index contributed by atoms with van der Waals surface area (Å²) in [5.74, 6) is -0.502. The van der Waals surface area contributed by atoms with Crippen LogP contribution in [0.2, 0.25) is 0 Å². The van der Waals surface area contributed by atoms with Crippen molar-refractivity contribution in [1.29, 1.82) is 0 Å². The Morgan fingerprint density at radius 2 is 1.73 bits per heavy atom. The average Bonchev–Trinajstić information content (AvgIpc) is 2.80. The fourth-order valence-corrected chi connectivity index (χ4v) is 4.22. The van der Waals surface area contributed by atoms with E-state index < -0.39 is 23.5 Å². The fraction of sp³-hybridized carbons (Fsp3) is 0.259. The zero-order valence-corrected chi connectivity index (χ0v) is 18.9. The highest BCUT2D eigenvalue weighted by atomic mass is 16.5. The van der Waals surface area contributed by atoms with Gasteiger partial charge in [0.25, 0.3) is 0 Å². The molecule has 2 atom stereocenters. The van der Waals surface area contributed by atoms with Crippen molar-refractivity contribution in [3.63, 3.8) is 0 Å². The summed E-state index contributed by atoms with van der Waals surface area (Å²) < 4.78 is 10.8. The Hall–Kier alpha value is -3.64. The molecule has 0 aromatic heterocycles. The number of rotatable bonds is 5. The molecule has 0 aliphatic carbocycles. The second-order valence-corrected chi connectivity index (χ2v) is 8.80. The summed E-state index contributed by atoms with van der Waals surface area (Å²) in [4.78, 5) is 24.3. The molecule has 2 N–H and O–H groups in total. The lowest BCUT2D eigenvalue weighted by Crippen LogP contribution is -2.39. The first-order chi connectivity index (χ1) is 15.8. The monoisotopic (exact) mass is 445 g/mol. The van der Waals surface area contributed by atoms with E-state index >= 15 is 0 Å². The molecular weight excluding hydrogens is 418 g/mol. The van der Waals surface area contributed by atoms with E-state index in [1.54, 1.807) is 30.3 Å². The molecule has 0 radical (unpaired) electrons. The van der Waals surface area contributed by atoms with E-state index in [-0.39, 0.29) is 12.6 Å². The van der Waals surface area contributed by atoms with Crippen molar-refractivity contribution in [3.8, 4) is 5.75 Å². The number of ether oxygens (including phenoxy) is 2. The van der Waals surface area contributed by atoms with Crippen LogP contribution >= 0.6 is 0 Å². The highest BCUT2D eigenvalue weighted by Gasteiger charge is 2.44. The number of hydrogen-bond donors (Lipinski definition) is 2. The maximum atomic E-state index is 12.7. The predicted octanol–water partition coefficient (Wildman–Crippen LogP) is 5.20. The quantitative estimate of drug-likeness (QED) is 0.415. The van der Waals surface area contributed by atoms with Crippen molar-refractivity contribution < 1.29 is 24.2 Å². The first-order valence-electron chi connectivity index (χ1n) is 10.8. The largest absolute Gasteiger partial charge is 0.457 e. The second-order valence-electron chi connectivity index (χ2n) is 8.80. The van der Waals surface area contributed by atoms with Crippen LogP contribution in [0.4, 0.5) is 5.69 Å². The van der Waals surface area contributed by atoms with Gasteiger partial charge in [-0.3, -0.25) is 4.79 Å². The van der Waals surface area contributed by atoms with Crippen molar-refractivity contribution in [2.45, 2.75) is 39.5 Å². The smallest absolute Gasteiger partial charge is 0.338 e. The third-order valence-electron chi connectivity index (χ3n) is 6.01. The molecule has 0 saturated heterocycles. The Morgan fingerprint density at radius 3 is 2.45 bits per heavy atom. The Bertz CT molecular complexity index is 1170. The summed E-state index contributed by atoms with van der Waals surface area (Å²) in [5, 5.41) is 14.6. The lowest BCUT2D eigenvalue weighted by molar-refractivity contribution is -0.131. The van der Waals surface area contributed by atoms with Gasteiger partial charge in [0.05, 0.1) is 23.4 Å².